The summed E-state index contributed by atoms with van der Waals surface area (Å²) in [5.74, 6) is 0. The second kappa shape index (κ2) is 35.3. The van der Waals surface area contributed by atoms with E-state index in [1.54, 1.807) is 74.6 Å². The van der Waals surface area contributed by atoms with E-state index >= 15 is 0 Å². The lowest BCUT2D eigenvalue weighted by molar-refractivity contribution is 0.0230. The second-order valence-electron chi connectivity index (χ2n) is 29.4. The number of rotatable bonds is 7. The van der Waals surface area contributed by atoms with Crippen LogP contribution in [0.2, 0.25) is 0 Å². The highest BCUT2D eigenvalue weighted by molar-refractivity contribution is 7.90. The molecule has 1 aromatic carbocycles. The molecular formula is C75H110BN14O12PS. The van der Waals surface area contributed by atoms with Crippen LogP contribution in [0.3, 0.4) is 0 Å². The number of fused-ring (bicyclic) bond motifs is 4. The fourth-order valence-electron chi connectivity index (χ4n) is 12.5. The van der Waals surface area contributed by atoms with Gasteiger partial charge in [0.2, 0.25) is 0 Å². The van der Waals surface area contributed by atoms with Gasteiger partial charge in [-0.05, 0) is 131 Å². The van der Waals surface area contributed by atoms with Crippen LogP contribution in [0.5, 0.6) is 0 Å². The number of hydrogen-bond donors (Lipinski definition) is 3. The monoisotopic (exact) mass is 1470 g/mol. The molecule has 4 aliphatic heterocycles. The molecule has 5 aromatic heterocycles. The fraction of sp³-hybridized carbons (Fsp3) is 0.493. The first-order chi connectivity index (χ1) is 47.3. The average Bonchev–Trinajstić information content (AvgIpc) is 1.60. The van der Waals surface area contributed by atoms with Gasteiger partial charge in [-0.1, -0.05) is 63.4 Å². The van der Waals surface area contributed by atoms with E-state index < -0.39 is 39.5 Å². The summed E-state index contributed by atoms with van der Waals surface area (Å²) in [6, 6.07) is 18.0. The predicted octanol–water partition coefficient (Wildman–Crippen LogP) is 11.3. The number of carbonyl (C=O) groups excluding carboxylic acids is 4. The van der Waals surface area contributed by atoms with Crippen LogP contribution in [-0.4, -0.2) is 221 Å². The molecule has 0 radical (unpaired) electrons. The molecule has 4 amide bonds. The summed E-state index contributed by atoms with van der Waals surface area (Å²) in [5.41, 5.74) is 9.96. The maximum absolute atomic E-state index is 13.1. The Morgan fingerprint density at radius 1 is 0.442 bits per heavy atom. The van der Waals surface area contributed by atoms with Gasteiger partial charge in [-0.2, -0.15) is 9.90 Å². The molecule has 1 atom stereocenters. The maximum atomic E-state index is 13.1. The number of amides is 4. The number of allylic oxidation sites excluding steroid dienone is 3. The number of piperazine rings is 4. The smallest absolute Gasteiger partial charge is 0.444 e. The third-order valence-electron chi connectivity index (χ3n) is 17.3. The highest BCUT2D eigenvalue weighted by Gasteiger charge is 2.34. The zero-order valence-electron chi connectivity index (χ0n) is 61.2. The Morgan fingerprint density at radius 3 is 1.12 bits per heavy atom. The molecule has 3 aliphatic carbocycles. The van der Waals surface area contributed by atoms with Crippen molar-refractivity contribution in [3.63, 3.8) is 0 Å². The first-order valence-electron chi connectivity index (χ1n) is 34.3. The zero-order chi connectivity index (χ0) is 71.9. The number of ether oxygens (including phenoxy) is 4. The third kappa shape index (κ3) is 21.4. The molecule has 0 saturated carbocycles. The molecule has 4 saturated heterocycles. The Labute approximate surface area is 618 Å². The highest BCUT2D eigenvalue weighted by atomic mass is 32.2. The van der Waals surface area contributed by atoms with Gasteiger partial charge >= 0.3 is 31.5 Å². The van der Waals surface area contributed by atoms with Crippen LogP contribution in [0, 0.1) is 0 Å². The molecule has 5 N–H and O–H groups in total. The molecule has 26 nitrogen and oxygen atoms in total. The van der Waals surface area contributed by atoms with Crippen LogP contribution in [-0.2, 0) is 48.2 Å². The van der Waals surface area contributed by atoms with Gasteiger partial charge in [0.15, 0.2) is 5.65 Å². The Kier molecular flexibility index (Phi) is 28.6. The van der Waals surface area contributed by atoms with Crippen molar-refractivity contribution >= 4 is 103 Å². The molecule has 0 bridgehead atoms. The number of hydrogen-bond acceptors (Lipinski definition) is 21. The number of benzene rings is 1. The van der Waals surface area contributed by atoms with Gasteiger partial charge < -0.3 is 74.3 Å². The zero-order valence-corrected chi connectivity index (χ0v) is 63.4. The van der Waals surface area contributed by atoms with E-state index in [0.717, 1.165) is 78.4 Å². The van der Waals surface area contributed by atoms with Gasteiger partial charge in [-0.3, -0.25) is 15.0 Å². The second-order valence-corrected chi connectivity index (χ2v) is 31.2. The quantitative estimate of drug-likeness (QED) is 0.0760. The van der Waals surface area contributed by atoms with Gasteiger partial charge in [0, 0.05) is 200 Å². The van der Waals surface area contributed by atoms with E-state index in [1.807, 2.05) is 114 Å². The van der Waals surface area contributed by atoms with Crippen molar-refractivity contribution in [1.29, 1.82) is 0 Å². The molecule has 104 heavy (non-hydrogen) atoms. The summed E-state index contributed by atoms with van der Waals surface area (Å²) in [6.45, 7) is 33.4. The largest absolute Gasteiger partial charge is 0.484 e. The summed E-state index contributed by atoms with van der Waals surface area (Å²) in [7, 11) is -5.19. The fourth-order valence-corrected chi connectivity index (χ4v) is 13.8. The maximum Gasteiger partial charge on any atom is 0.484 e. The van der Waals surface area contributed by atoms with E-state index in [0.29, 0.717) is 96.1 Å². The molecule has 1 unspecified atom stereocenters. The van der Waals surface area contributed by atoms with Crippen LogP contribution in [0.15, 0.2) is 114 Å². The topological polar surface area (TPSA) is 297 Å². The van der Waals surface area contributed by atoms with Gasteiger partial charge in [0.1, 0.15) is 22.4 Å². The molecule has 4 fully saturated rings. The van der Waals surface area contributed by atoms with Gasteiger partial charge in [0.05, 0.1) is 22.0 Å². The molecule has 9 heterocycles. The number of nitrogens with zero attached hydrogens (tertiary/aromatic N) is 13. The Morgan fingerprint density at radius 2 is 0.769 bits per heavy atom. The van der Waals surface area contributed by atoms with Crippen molar-refractivity contribution < 1.29 is 56.6 Å². The summed E-state index contributed by atoms with van der Waals surface area (Å²) in [4.78, 5) is 82.5. The molecule has 29 heteroatoms. The lowest BCUT2D eigenvalue weighted by atomic mass is 9.79. The van der Waals surface area contributed by atoms with Crippen molar-refractivity contribution in [2.45, 2.75) is 145 Å². The number of carbonyl (C=O) groups is 4. The lowest BCUT2D eigenvalue weighted by Crippen LogP contribution is -2.50. The summed E-state index contributed by atoms with van der Waals surface area (Å²) >= 11 is 0. The molecular weight excluding hydrogens is 1360 g/mol. The normalized spacial score (nSPS) is 16.2. The minimum Gasteiger partial charge on any atom is -0.444 e. The first kappa shape index (κ1) is 84.1. The molecule has 13 rings (SSSR count). The standard InChI is InChI=1S/C22H26N4O4S.C17H24BN3O4.2C17H23N3O2.2CH4.H3N.H3P/c1-22(2,3)30-21(27)25-15-13-24(14-16-25)19-9-11-23-20-18(19)10-12-26(20)31(28,29)17-7-5-4-6-8-17;1-17(2,3)25-16(22)21-8-6-20(7-9-21)15-4-5-19-14-11-12(18(23)24)10-13(14)15;2*1-17(2,3)22-16(21)20-11-9-19(10-12-20)15-7-8-18-14-6-4-5-13(14)15;;;;/h4-12H,13-16H2,1-3H3;4-5,10,23-24H,6-9,11H2,1-3H3;2*4-5,7-8H,6,9-12H2,1-3H3;2*1H4;2*1H3. The molecule has 566 valence electrons. The van der Waals surface area contributed by atoms with Crippen LogP contribution < -0.4 is 25.8 Å². The summed E-state index contributed by atoms with van der Waals surface area (Å²) in [6.07, 6.45) is 20.3. The minimum atomic E-state index is -3.74. The van der Waals surface area contributed by atoms with E-state index in [9.17, 15) is 37.6 Å². The molecule has 0 spiro atoms. The number of aromatic nitrogens is 5. The van der Waals surface area contributed by atoms with Crippen LogP contribution in [0.1, 0.15) is 132 Å². The van der Waals surface area contributed by atoms with Crippen molar-refractivity contribution in [2.75, 3.05) is 124 Å². The average molecular weight is 1470 g/mol. The van der Waals surface area contributed by atoms with Crippen molar-refractivity contribution in [3.05, 3.63) is 143 Å². The Bertz CT molecular complexity index is 4010. The van der Waals surface area contributed by atoms with Gasteiger partial charge in [-0.15, -0.1) is 0 Å². The predicted molar refractivity (Wildman–Crippen MR) is 418 cm³/mol. The number of anilines is 4. The minimum absolute atomic E-state index is 0. The molecule has 6 aromatic rings. The first-order valence-corrected chi connectivity index (χ1v) is 35.7. The Balaban J connectivity index is 0.000000217. The van der Waals surface area contributed by atoms with Crippen LogP contribution in [0.4, 0.5) is 41.9 Å². The highest BCUT2D eigenvalue weighted by Crippen LogP contribution is 2.35. The lowest BCUT2D eigenvalue weighted by Gasteiger charge is -2.37. The third-order valence-corrected chi connectivity index (χ3v) is 19.0. The van der Waals surface area contributed by atoms with Crippen molar-refractivity contribution in [3.8, 4) is 0 Å². The van der Waals surface area contributed by atoms with E-state index in [1.165, 1.54) is 26.5 Å². The van der Waals surface area contributed by atoms with E-state index in [-0.39, 0.29) is 60.2 Å². The van der Waals surface area contributed by atoms with Gasteiger partial charge in [0.25, 0.3) is 10.0 Å². The summed E-state index contributed by atoms with van der Waals surface area (Å²) in [5, 5.41) is 19.6. The van der Waals surface area contributed by atoms with Crippen molar-refractivity contribution in [1.82, 2.24) is 49.7 Å². The van der Waals surface area contributed by atoms with Crippen LogP contribution >= 0.6 is 9.90 Å². The summed E-state index contributed by atoms with van der Waals surface area (Å²) < 4.78 is 49.1. The SMILES string of the molecule is C.C.CC(C)(C)OC(=O)N1CCN(c2ccnc3c2C=C(B(O)O)C3)CC1.CC(C)(C)OC(=O)N1CCN(c2ccnc3c2C=CC3)CC1.CC(C)(C)OC(=O)N1CCN(c2ccnc3c2C=CC3)CC1.CC(C)(C)OC(=O)N1CCN(c2ccnc3c2ccn3S(=O)(=O)c2ccccc2)CC1.N.P. The number of pyridine rings is 4. The van der Waals surface area contributed by atoms with E-state index in [4.69, 9.17) is 18.9 Å². The van der Waals surface area contributed by atoms with Crippen LogP contribution in [0.25, 0.3) is 29.3 Å². The van der Waals surface area contributed by atoms with Crippen molar-refractivity contribution in [2.24, 2.45) is 0 Å². The van der Waals surface area contributed by atoms with Gasteiger partial charge in [-0.25, -0.2) is 36.6 Å². The van der Waals surface area contributed by atoms with E-state index in [2.05, 4.69) is 76.0 Å². The molecule has 7 aliphatic rings. The Hall–Kier alpha value is -8.82.